The van der Waals surface area contributed by atoms with Crippen LogP contribution in [0.25, 0.3) is 0 Å². The highest BCUT2D eigenvalue weighted by Gasteiger charge is 2.23. The molecule has 1 atom stereocenters. The second-order valence-electron chi connectivity index (χ2n) is 8.90. The number of esters is 1. The van der Waals surface area contributed by atoms with Crippen molar-refractivity contribution in [2.45, 2.75) is 63.8 Å². The number of ether oxygens (including phenoxy) is 1. The summed E-state index contributed by atoms with van der Waals surface area (Å²) in [5.41, 5.74) is 1.99. The van der Waals surface area contributed by atoms with Gasteiger partial charge in [-0.15, -0.1) is 0 Å². The molecule has 0 aliphatic carbocycles. The van der Waals surface area contributed by atoms with E-state index in [2.05, 4.69) is 30.2 Å². The number of carbonyl (C=O) groups excluding carboxylic acids is 1. The van der Waals surface area contributed by atoms with E-state index >= 15 is 0 Å². The van der Waals surface area contributed by atoms with E-state index in [-0.39, 0.29) is 16.3 Å². The normalized spacial score (nSPS) is 13.1. The van der Waals surface area contributed by atoms with Crippen molar-refractivity contribution in [2.75, 3.05) is 7.11 Å². The molecule has 31 heavy (non-hydrogen) atoms. The molecular formula is C24H32FNO4S. The van der Waals surface area contributed by atoms with E-state index in [1.807, 2.05) is 24.3 Å². The van der Waals surface area contributed by atoms with E-state index in [9.17, 15) is 17.6 Å². The van der Waals surface area contributed by atoms with Crippen molar-refractivity contribution in [1.82, 2.24) is 4.72 Å². The zero-order valence-corrected chi connectivity index (χ0v) is 19.5. The lowest BCUT2D eigenvalue weighted by Crippen LogP contribution is -2.29. The van der Waals surface area contributed by atoms with Crippen molar-refractivity contribution in [3.8, 4) is 0 Å². The Labute approximate surface area is 185 Å². The standard InChI is InChI=1S/C24H32FNO4S/c1-24(2,3)17-16-22(26-31(28,29)21-14-12-20(25)13-15-21)19-10-8-18(9-11-19)6-5-7-23(27)30-4/h8-15,22,26H,5-7,16-17H2,1-4H3. The lowest BCUT2D eigenvalue weighted by Gasteiger charge is -2.24. The van der Waals surface area contributed by atoms with Crippen LogP contribution in [0.4, 0.5) is 4.39 Å². The van der Waals surface area contributed by atoms with Crippen LogP contribution in [0.15, 0.2) is 53.4 Å². The first-order chi connectivity index (χ1) is 14.5. The Balaban J connectivity index is 2.17. The quantitative estimate of drug-likeness (QED) is 0.508. The van der Waals surface area contributed by atoms with Crippen LogP contribution in [-0.4, -0.2) is 21.5 Å². The van der Waals surface area contributed by atoms with Crippen LogP contribution in [0.5, 0.6) is 0 Å². The zero-order chi connectivity index (χ0) is 23.1. The van der Waals surface area contributed by atoms with Gasteiger partial charge in [0, 0.05) is 12.5 Å². The van der Waals surface area contributed by atoms with Gasteiger partial charge in [-0.2, -0.15) is 0 Å². The number of carbonyl (C=O) groups is 1. The molecule has 5 nitrogen and oxygen atoms in total. The van der Waals surface area contributed by atoms with E-state index in [1.54, 1.807) is 0 Å². The van der Waals surface area contributed by atoms with E-state index in [4.69, 9.17) is 0 Å². The number of nitrogens with one attached hydrogen (secondary N) is 1. The van der Waals surface area contributed by atoms with Crippen LogP contribution < -0.4 is 4.72 Å². The Morgan fingerprint density at radius 2 is 1.68 bits per heavy atom. The molecule has 2 rings (SSSR count). The van der Waals surface area contributed by atoms with Gasteiger partial charge < -0.3 is 4.74 Å². The summed E-state index contributed by atoms with van der Waals surface area (Å²) in [4.78, 5) is 11.3. The van der Waals surface area contributed by atoms with Crippen molar-refractivity contribution in [3.05, 3.63) is 65.5 Å². The van der Waals surface area contributed by atoms with Crippen molar-refractivity contribution < 1.29 is 22.3 Å². The fraction of sp³-hybridized carbons (Fsp3) is 0.458. The lowest BCUT2D eigenvalue weighted by atomic mass is 9.87. The molecule has 1 unspecified atom stereocenters. The number of hydrogen-bond donors (Lipinski definition) is 1. The van der Waals surface area contributed by atoms with Gasteiger partial charge in [0.15, 0.2) is 0 Å². The third kappa shape index (κ3) is 8.42. The molecule has 0 aliphatic rings. The Kier molecular flexibility index (Phi) is 8.77. The molecule has 170 valence electrons. The highest BCUT2D eigenvalue weighted by molar-refractivity contribution is 7.89. The van der Waals surface area contributed by atoms with Crippen LogP contribution in [0.2, 0.25) is 0 Å². The molecule has 2 aromatic rings. The van der Waals surface area contributed by atoms with E-state index < -0.39 is 21.9 Å². The van der Waals surface area contributed by atoms with Gasteiger partial charge in [-0.1, -0.05) is 45.0 Å². The minimum absolute atomic E-state index is 0.0362. The fourth-order valence-corrected chi connectivity index (χ4v) is 4.45. The average molecular weight is 450 g/mol. The Morgan fingerprint density at radius 1 is 1.06 bits per heavy atom. The number of rotatable bonds is 10. The van der Waals surface area contributed by atoms with E-state index in [0.717, 1.165) is 36.1 Å². The predicted octanol–water partition coefficient (Wildman–Crippen LogP) is 5.17. The van der Waals surface area contributed by atoms with Crippen LogP contribution in [-0.2, 0) is 26.0 Å². The molecule has 0 spiro atoms. The predicted molar refractivity (Wildman–Crippen MR) is 120 cm³/mol. The SMILES string of the molecule is COC(=O)CCCc1ccc(C(CCC(C)(C)C)NS(=O)(=O)c2ccc(F)cc2)cc1. The molecular weight excluding hydrogens is 417 g/mol. The van der Waals surface area contributed by atoms with Gasteiger partial charge in [-0.3, -0.25) is 4.79 Å². The van der Waals surface area contributed by atoms with Crippen molar-refractivity contribution >= 4 is 16.0 Å². The second kappa shape index (κ2) is 10.9. The molecule has 0 saturated heterocycles. The summed E-state index contributed by atoms with van der Waals surface area (Å²) in [7, 11) is -2.42. The van der Waals surface area contributed by atoms with E-state index in [1.165, 1.54) is 19.2 Å². The van der Waals surface area contributed by atoms with Crippen LogP contribution in [0, 0.1) is 11.2 Å². The molecule has 1 N–H and O–H groups in total. The highest BCUT2D eigenvalue weighted by Crippen LogP contribution is 2.29. The molecule has 0 bridgehead atoms. The van der Waals surface area contributed by atoms with Crippen molar-refractivity contribution in [2.24, 2.45) is 5.41 Å². The number of halogens is 1. The summed E-state index contributed by atoms with van der Waals surface area (Å²) in [6, 6.07) is 12.2. The van der Waals surface area contributed by atoms with Gasteiger partial charge >= 0.3 is 5.97 Å². The fourth-order valence-electron chi connectivity index (χ4n) is 3.20. The molecule has 0 saturated carbocycles. The molecule has 0 radical (unpaired) electrons. The topological polar surface area (TPSA) is 72.5 Å². The molecule has 2 aromatic carbocycles. The molecule has 0 aliphatic heterocycles. The Bertz CT molecular complexity index is 949. The summed E-state index contributed by atoms with van der Waals surface area (Å²) in [5.74, 6) is -0.708. The van der Waals surface area contributed by atoms with E-state index in [0.29, 0.717) is 19.3 Å². The third-order valence-corrected chi connectivity index (χ3v) is 6.55. The maximum Gasteiger partial charge on any atom is 0.305 e. The highest BCUT2D eigenvalue weighted by atomic mass is 32.2. The Hall–Kier alpha value is -2.25. The van der Waals surface area contributed by atoms with Gasteiger partial charge in [-0.05, 0) is 66.5 Å². The van der Waals surface area contributed by atoms with Crippen LogP contribution >= 0.6 is 0 Å². The first-order valence-corrected chi connectivity index (χ1v) is 11.9. The minimum atomic E-state index is -3.80. The van der Waals surface area contributed by atoms with Crippen LogP contribution in [0.1, 0.15) is 63.6 Å². The monoisotopic (exact) mass is 449 g/mol. The van der Waals surface area contributed by atoms with Gasteiger partial charge in [0.25, 0.3) is 0 Å². The molecule has 0 fully saturated rings. The number of aryl methyl sites for hydroxylation is 1. The maximum atomic E-state index is 13.2. The lowest BCUT2D eigenvalue weighted by molar-refractivity contribution is -0.140. The summed E-state index contributed by atoms with van der Waals surface area (Å²) < 4.78 is 46.4. The van der Waals surface area contributed by atoms with Crippen molar-refractivity contribution in [1.29, 1.82) is 0 Å². The van der Waals surface area contributed by atoms with Gasteiger partial charge in [0.2, 0.25) is 10.0 Å². The first kappa shape index (κ1) is 25.0. The molecule has 0 amide bonds. The third-order valence-electron chi connectivity index (χ3n) is 5.06. The smallest absolute Gasteiger partial charge is 0.305 e. The summed E-state index contributed by atoms with van der Waals surface area (Å²) in [6.07, 6.45) is 3.25. The number of benzene rings is 2. The summed E-state index contributed by atoms with van der Waals surface area (Å²) >= 11 is 0. The zero-order valence-electron chi connectivity index (χ0n) is 18.7. The van der Waals surface area contributed by atoms with Gasteiger partial charge in [0.1, 0.15) is 5.82 Å². The van der Waals surface area contributed by atoms with Crippen LogP contribution in [0.3, 0.4) is 0 Å². The summed E-state index contributed by atoms with van der Waals surface area (Å²) in [5, 5.41) is 0. The number of methoxy groups -OCH3 is 1. The summed E-state index contributed by atoms with van der Waals surface area (Å²) in [6.45, 7) is 6.34. The van der Waals surface area contributed by atoms with Gasteiger partial charge in [0.05, 0.1) is 12.0 Å². The Morgan fingerprint density at radius 3 is 2.23 bits per heavy atom. The number of hydrogen-bond acceptors (Lipinski definition) is 4. The molecule has 7 heteroatoms. The maximum absolute atomic E-state index is 13.2. The second-order valence-corrected chi connectivity index (χ2v) is 10.6. The first-order valence-electron chi connectivity index (χ1n) is 10.4. The minimum Gasteiger partial charge on any atom is -0.469 e. The largest absolute Gasteiger partial charge is 0.469 e. The molecule has 0 heterocycles. The number of sulfonamides is 1. The van der Waals surface area contributed by atoms with Gasteiger partial charge in [-0.25, -0.2) is 17.5 Å². The average Bonchev–Trinajstić information content (AvgIpc) is 2.71. The van der Waals surface area contributed by atoms with Crippen molar-refractivity contribution in [3.63, 3.8) is 0 Å². The molecule has 0 aromatic heterocycles.